The van der Waals surface area contributed by atoms with Gasteiger partial charge in [-0.3, -0.25) is 4.90 Å². The van der Waals surface area contributed by atoms with E-state index in [0.29, 0.717) is 6.04 Å². The Balaban J connectivity index is 1.59. The molecule has 2 saturated heterocycles. The molecule has 1 unspecified atom stereocenters. The van der Waals surface area contributed by atoms with Gasteiger partial charge in [0.1, 0.15) is 5.75 Å². The van der Waals surface area contributed by atoms with E-state index in [1.54, 1.807) is 7.11 Å². The SMILES string of the molecule is COc1cccc(N2CCC(N3CCCC(C)(C#N)C3)CC2)c1. The number of likely N-dealkylation sites (tertiary alicyclic amines) is 1. The minimum atomic E-state index is -0.151. The van der Waals surface area contributed by atoms with Crippen molar-refractivity contribution < 1.29 is 4.74 Å². The normalized spacial score (nSPS) is 26.7. The molecule has 23 heavy (non-hydrogen) atoms. The number of hydrogen-bond donors (Lipinski definition) is 0. The zero-order valence-electron chi connectivity index (χ0n) is 14.3. The molecule has 0 amide bonds. The van der Waals surface area contributed by atoms with Gasteiger partial charge < -0.3 is 9.64 Å². The predicted molar refractivity (Wildman–Crippen MR) is 92.8 cm³/mol. The van der Waals surface area contributed by atoms with Gasteiger partial charge in [-0.05, 0) is 51.3 Å². The lowest BCUT2D eigenvalue weighted by atomic mass is 9.82. The van der Waals surface area contributed by atoms with Crippen molar-refractivity contribution >= 4 is 5.69 Å². The molecule has 0 spiro atoms. The molecule has 1 aromatic rings. The number of hydrogen-bond acceptors (Lipinski definition) is 4. The first-order valence-electron chi connectivity index (χ1n) is 8.68. The van der Waals surface area contributed by atoms with E-state index in [0.717, 1.165) is 44.8 Å². The van der Waals surface area contributed by atoms with Crippen molar-refractivity contribution in [2.45, 2.75) is 38.6 Å². The Kier molecular flexibility index (Phi) is 4.77. The van der Waals surface area contributed by atoms with E-state index in [2.05, 4.69) is 41.0 Å². The highest BCUT2D eigenvalue weighted by atomic mass is 16.5. The molecule has 4 heteroatoms. The molecule has 2 heterocycles. The van der Waals surface area contributed by atoms with Crippen LogP contribution in [0.5, 0.6) is 5.75 Å². The summed E-state index contributed by atoms with van der Waals surface area (Å²) in [5.74, 6) is 0.922. The molecule has 3 rings (SSSR count). The minimum Gasteiger partial charge on any atom is -0.497 e. The van der Waals surface area contributed by atoms with Crippen molar-refractivity contribution in [1.29, 1.82) is 5.26 Å². The zero-order chi connectivity index (χ0) is 16.3. The van der Waals surface area contributed by atoms with Crippen LogP contribution in [0.15, 0.2) is 24.3 Å². The summed E-state index contributed by atoms with van der Waals surface area (Å²) in [7, 11) is 1.72. The lowest BCUT2D eigenvalue weighted by Crippen LogP contribution is -2.50. The molecule has 1 atom stereocenters. The highest BCUT2D eigenvalue weighted by Crippen LogP contribution is 2.32. The lowest BCUT2D eigenvalue weighted by molar-refractivity contribution is 0.0852. The predicted octanol–water partition coefficient (Wildman–Crippen LogP) is 3.29. The van der Waals surface area contributed by atoms with Crippen LogP contribution in [-0.2, 0) is 0 Å². The number of rotatable bonds is 3. The summed E-state index contributed by atoms with van der Waals surface area (Å²) in [6.45, 7) is 6.37. The van der Waals surface area contributed by atoms with Crippen LogP contribution in [0, 0.1) is 16.7 Å². The molecular weight excluding hydrogens is 286 g/mol. The number of methoxy groups -OCH3 is 1. The van der Waals surface area contributed by atoms with Gasteiger partial charge in [0.15, 0.2) is 0 Å². The monoisotopic (exact) mass is 313 g/mol. The van der Waals surface area contributed by atoms with E-state index < -0.39 is 0 Å². The van der Waals surface area contributed by atoms with Gasteiger partial charge in [0.25, 0.3) is 0 Å². The van der Waals surface area contributed by atoms with Gasteiger partial charge in [0, 0.05) is 37.4 Å². The van der Waals surface area contributed by atoms with Crippen molar-refractivity contribution in [1.82, 2.24) is 4.90 Å². The van der Waals surface area contributed by atoms with Crippen LogP contribution >= 0.6 is 0 Å². The van der Waals surface area contributed by atoms with Crippen LogP contribution in [-0.4, -0.2) is 44.2 Å². The number of nitrogens with zero attached hydrogens (tertiary/aromatic N) is 3. The summed E-state index contributed by atoms with van der Waals surface area (Å²) in [4.78, 5) is 5.02. The smallest absolute Gasteiger partial charge is 0.120 e. The summed E-state index contributed by atoms with van der Waals surface area (Å²) in [5.41, 5.74) is 1.10. The molecule has 0 aromatic heterocycles. The van der Waals surface area contributed by atoms with Crippen molar-refractivity contribution in [2.75, 3.05) is 38.2 Å². The number of anilines is 1. The molecule has 0 radical (unpaired) electrons. The Morgan fingerprint density at radius 1 is 1.26 bits per heavy atom. The second-order valence-electron chi connectivity index (χ2n) is 7.17. The molecule has 0 saturated carbocycles. The van der Waals surface area contributed by atoms with E-state index in [1.165, 1.54) is 18.5 Å². The van der Waals surface area contributed by atoms with Crippen molar-refractivity contribution in [3.63, 3.8) is 0 Å². The van der Waals surface area contributed by atoms with E-state index in [-0.39, 0.29) is 5.41 Å². The molecule has 0 bridgehead atoms. The maximum atomic E-state index is 9.41. The first kappa shape index (κ1) is 16.1. The Hall–Kier alpha value is -1.73. The number of benzene rings is 1. The second-order valence-corrected chi connectivity index (χ2v) is 7.17. The van der Waals surface area contributed by atoms with Gasteiger partial charge in [0.2, 0.25) is 0 Å². The average molecular weight is 313 g/mol. The molecule has 2 fully saturated rings. The maximum Gasteiger partial charge on any atom is 0.120 e. The van der Waals surface area contributed by atoms with E-state index in [4.69, 9.17) is 4.74 Å². The van der Waals surface area contributed by atoms with Crippen molar-refractivity contribution in [3.05, 3.63) is 24.3 Å². The molecule has 4 nitrogen and oxygen atoms in total. The summed E-state index contributed by atoms with van der Waals surface area (Å²) in [6.07, 6.45) is 4.56. The quantitative estimate of drug-likeness (QED) is 0.858. The fourth-order valence-electron chi connectivity index (χ4n) is 3.98. The summed E-state index contributed by atoms with van der Waals surface area (Å²) in [6, 6.07) is 11.5. The minimum absolute atomic E-state index is 0.151. The Morgan fingerprint density at radius 2 is 2.04 bits per heavy atom. The number of piperidine rings is 2. The van der Waals surface area contributed by atoms with Crippen LogP contribution in [0.4, 0.5) is 5.69 Å². The summed E-state index contributed by atoms with van der Waals surface area (Å²) < 4.78 is 5.33. The third kappa shape index (κ3) is 3.61. The van der Waals surface area contributed by atoms with Gasteiger partial charge in [-0.25, -0.2) is 0 Å². The molecule has 0 N–H and O–H groups in total. The number of nitriles is 1. The molecule has 124 valence electrons. The van der Waals surface area contributed by atoms with Gasteiger partial charge in [-0.2, -0.15) is 5.26 Å². The topological polar surface area (TPSA) is 39.5 Å². The summed E-state index contributed by atoms with van der Waals surface area (Å²) >= 11 is 0. The highest BCUT2D eigenvalue weighted by Gasteiger charge is 2.35. The van der Waals surface area contributed by atoms with Crippen molar-refractivity contribution in [3.8, 4) is 11.8 Å². The Morgan fingerprint density at radius 3 is 2.74 bits per heavy atom. The van der Waals surface area contributed by atoms with Crippen LogP contribution in [0.3, 0.4) is 0 Å². The standard InChI is InChI=1S/C19H27N3O/c1-19(14-20)9-4-10-22(15-19)16-7-11-21(12-8-16)17-5-3-6-18(13-17)23-2/h3,5-6,13,16H,4,7-12,15H2,1-2H3. The van der Waals surface area contributed by atoms with Gasteiger partial charge in [0.05, 0.1) is 18.6 Å². The van der Waals surface area contributed by atoms with Crippen LogP contribution in [0.25, 0.3) is 0 Å². The third-order valence-electron chi connectivity index (χ3n) is 5.40. The Bertz CT molecular complexity index is 574. The molecule has 2 aliphatic heterocycles. The maximum absolute atomic E-state index is 9.41. The average Bonchev–Trinajstić information content (AvgIpc) is 2.62. The highest BCUT2D eigenvalue weighted by molar-refractivity contribution is 5.51. The van der Waals surface area contributed by atoms with Gasteiger partial charge >= 0.3 is 0 Å². The van der Waals surface area contributed by atoms with E-state index in [9.17, 15) is 5.26 Å². The fraction of sp³-hybridized carbons (Fsp3) is 0.632. The van der Waals surface area contributed by atoms with Crippen LogP contribution in [0.2, 0.25) is 0 Å². The van der Waals surface area contributed by atoms with Crippen LogP contribution < -0.4 is 9.64 Å². The molecular formula is C19H27N3O. The fourth-order valence-corrected chi connectivity index (χ4v) is 3.98. The van der Waals surface area contributed by atoms with E-state index >= 15 is 0 Å². The van der Waals surface area contributed by atoms with Gasteiger partial charge in [-0.1, -0.05) is 6.07 Å². The first-order valence-corrected chi connectivity index (χ1v) is 8.68. The third-order valence-corrected chi connectivity index (χ3v) is 5.40. The van der Waals surface area contributed by atoms with Crippen molar-refractivity contribution in [2.24, 2.45) is 5.41 Å². The zero-order valence-corrected chi connectivity index (χ0v) is 14.3. The Labute approximate surface area is 139 Å². The van der Waals surface area contributed by atoms with Crippen LogP contribution in [0.1, 0.15) is 32.6 Å². The molecule has 1 aromatic carbocycles. The lowest BCUT2D eigenvalue weighted by Gasteiger charge is -2.44. The van der Waals surface area contributed by atoms with Gasteiger partial charge in [-0.15, -0.1) is 0 Å². The second kappa shape index (κ2) is 6.80. The summed E-state index contributed by atoms with van der Waals surface area (Å²) in [5, 5.41) is 9.41. The number of ether oxygens (including phenoxy) is 1. The largest absolute Gasteiger partial charge is 0.497 e. The molecule has 0 aliphatic carbocycles. The molecule has 2 aliphatic rings. The van der Waals surface area contributed by atoms with E-state index in [1.807, 2.05) is 6.07 Å². The first-order chi connectivity index (χ1) is 11.1.